The highest BCUT2D eigenvalue weighted by molar-refractivity contribution is 6.33. The number of hydrogen-bond donors (Lipinski definition) is 1. The minimum atomic E-state index is -0.0569. The molecule has 2 nitrogen and oxygen atoms in total. The van der Waals surface area contributed by atoms with E-state index in [0.717, 1.165) is 18.5 Å². The number of halogens is 2. The molecular weight excluding hydrogens is 231 g/mol. The third kappa shape index (κ3) is 3.99. The van der Waals surface area contributed by atoms with Crippen molar-refractivity contribution in [2.45, 2.75) is 12.5 Å². The fourth-order valence-electron chi connectivity index (χ4n) is 1.35. The van der Waals surface area contributed by atoms with Crippen LogP contribution in [0.4, 0.5) is 0 Å². The molecule has 0 amide bonds. The lowest BCUT2D eigenvalue weighted by molar-refractivity contribution is 0.382. The monoisotopic (exact) mass is 246 g/mol. The molecule has 1 atom stereocenters. The van der Waals surface area contributed by atoms with Gasteiger partial charge in [-0.15, -0.1) is 0 Å². The average molecular weight is 247 g/mol. The predicted octanol–water partition coefficient (Wildman–Crippen LogP) is 2.94. The third-order valence-corrected chi connectivity index (χ3v) is 2.82. The summed E-state index contributed by atoms with van der Waals surface area (Å²) >= 11 is 12.0. The van der Waals surface area contributed by atoms with Crippen LogP contribution in [0.1, 0.15) is 18.0 Å². The van der Waals surface area contributed by atoms with E-state index in [2.05, 4.69) is 4.90 Å². The Balaban J connectivity index is 2.72. The van der Waals surface area contributed by atoms with Gasteiger partial charge in [0.2, 0.25) is 0 Å². The Kier molecular flexibility index (Phi) is 4.87. The van der Waals surface area contributed by atoms with E-state index >= 15 is 0 Å². The van der Waals surface area contributed by atoms with Gasteiger partial charge in [-0.25, -0.2) is 0 Å². The first kappa shape index (κ1) is 12.8. The maximum absolute atomic E-state index is 6.05. The van der Waals surface area contributed by atoms with Crippen molar-refractivity contribution in [2.24, 2.45) is 5.73 Å². The highest BCUT2D eigenvalue weighted by atomic mass is 35.5. The first-order chi connectivity index (χ1) is 7.00. The van der Waals surface area contributed by atoms with Crippen LogP contribution in [0.15, 0.2) is 18.2 Å². The van der Waals surface area contributed by atoms with E-state index in [0.29, 0.717) is 10.0 Å². The smallest absolute Gasteiger partial charge is 0.0454 e. The highest BCUT2D eigenvalue weighted by Crippen LogP contribution is 2.26. The molecule has 0 aliphatic rings. The molecule has 1 rings (SSSR count). The minimum absolute atomic E-state index is 0.0569. The molecule has 4 heteroatoms. The lowest BCUT2D eigenvalue weighted by Crippen LogP contribution is -2.20. The molecule has 1 aromatic carbocycles. The van der Waals surface area contributed by atoms with Gasteiger partial charge in [0.05, 0.1) is 0 Å². The molecule has 2 N–H and O–H groups in total. The van der Waals surface area contributed by atoms with Crippen LogP contribution in [0.3, 0.4) is 0 Å². The van der Waals surface area contributed by atoms with E-state index in [4.69, 9.17) is 28.9 Å². The molecule has 0 fully saturated rings. The Labute approximate surface area is 101 Å². The zero-order valence-corrected chi connectivity index (χ0v) is 10.5. The van der Waals surface area contributed by atoms with Gasteiger partial charge < -0.3 is 10.6 Å². The van der Waals surface area contributed by atoms with Gasteiger partial charge in [-0.05, 0) is 50.8 Å². The van der Waals surface area contributed by atoms with Crippen LogP contribution in [-0.2, 0) is 0 Å². The van der Waals surface area contributed by atoms with Crippen molar-refractivity contribution < 1.29 is 0 Å². The van der Waals surface area contributed by atoms with E-state index < -0.39 is 0 Å². The van der Waals surface area contributed by atoms with Gasteiger partial charge in [0.25, 0.3) is 0 Å². The van der Waals surface area contributed by atoms with Crippen LogP contribution in [0.5, 0.6) is 0 Å². The number of hydrogen-bond acceptors (Lipinski definition) is 2. The summed E-state index contributed by atoms with van der Waals surface area (Å²) in [4.78, 5) is 2.10. The molecule has 0 aliphatic carbocycles. The second-order valence-corrected chi connectivity index (χ2v) is 4.71. The largest absolute Gasteiger partial charge is 0.324 e. The SMILES string of the molecule is CN(C)CCC(N)c1cc(Cl)ccc1Cl. The van der Waals surface area contributed by atoms with E-state index in [-0.39, 0.29) is 6.04 Å². The Morgan fingerprint density at radius 1 is 1.33 bits per heavy atom. The van der Waals surface area contributed by atoms with Crippen molar-refractivity contribution in [1.82, 2.24) is 4.90 Å². The average Bonchev–Trinajstić information content (AvgIpc) is 2.18. The number of rotatable bonds is 4. The molecular formula is C11H16Cl2N2. The fourth-order valence-corrected chi connectivity index (χ4v) is 1.79. The normalized spacial score (nSPS) is 13.2. The summed E-state index contributed by atoms with van der Waals surface area (Å²) in [5.41, 5.74) is 6.97. The lowest BCUT2D eigenvalue weighted by atomic mass is 10.0. The molecule has 0 saturated carbocycles. The molecule has 1 unspecified atom stereocenters. The van der Waals surface area contributed by atoms with Crippen molar-refractivity contribution in [1.29, 1.82) is 0 Å². The lowest BCUT2D eigenvalue weighted by Gasteiger charge is -2.16. The maximum Gasteiger partial charge on any atom is 0.0454 e. The van der Waals surface area contributed by atoms with Crippen LogP contribution >= 0.6 is 23.2 Å². The summed E-state index contributed by atoms with van der Waals surface area (Å²) in [5.74, 6) is 0. The molecule has 0 aliphatic heterocycles. The summed E-state index contributed by atoms with van der Waals surface area (Å²) in [5, 5.41) is 1.36. The molecule has 0 radical (unpaired) electrons. The second kappa shape index (κ2) is 5.71. The van der Waals surface area contributed by atoms with Crippen molar-refractivity contribution in [3.8, 4) is 0 Å². The fraction of sp³-hybridized carbons (Fsp3) is 0.455. The molecule has 0 heterocycles. The molecule has 0 bridgehead atoms. The highest BCUT2D eigenvalue weighted by Gasteiger charge is 2.10. The van der Waals surface area contributed by atoms with E-state index in [1.54, 1.807) is 12.1 Å². The third-order valence-electron chi connectivity index (χ3n) is 2.24. The number of nitrogens with zero attached hydrogens (tertiary/aromatic N) is 1. The van der Waals surface area contributed by atoms with Gasteiger partial charge >= 0.3 is 0 Å². The zero-order chi connectivity index (χ0) is 11.4. The van der Waals surface area contributed by atoms with Gasteiger partial charge in [-0.1, -0.05) is 23.2 Å². The first-order valence-corrected chi connectivity index (χ1v) is 5.61. The van der Waals surface area contributed by atoms with Crippen molar-refractivity contribution in [3.05, 3.63) is 33.8 Å². The van der Waals surface area contributed by atoms with Crippen molar-refractivity contribution >= 4 is 23.2 Å². The van der Waals surface area contributed by atoms with Crippen LogP contribution < -0.4 is 5.73 Å². The topological polar surface area (TPSA) is 29.3 Å². The summed E-state index contributed by atoms with van der Waals surface area (Å²) in [6.07, 6.45) is 0.868. The molecule has 0 aromatic heterocycles. The molecule has 0 saturated heterocycles. The van der Waals surface area contributed by atoms with E-state index in [1.165, 1.54) is 0 Å². The molecule has 84 valence electrons. The standard InChI is InChI=1S/C11H16Cl2N2/c1-15(2)6-5-11(14)9-7-8(12)3-4-10(9)13/h3-4,7,11H,5-6,14H2,1-2H3. The minimum Gasteiger partial charge on any atom is -0.324 e. The predicted molar refractivity (Wildman–Crippen MR) is 66.6 cm³/mol. The van der Waals surface area contributed by atoms with E-state index in [1.807, 2.05) is 20.2 Å². The quantitative estimate of drug-likeness (QED) is 0.886. The van der Waals surface area contributed by atoms with Crippen LogP contribution in [0.2, 0.25) is 10.0 Å². The molecule has 1 aromatic rings. The Hall–Kier alpha value is -0.280. The first-order valence-electron chi connectivity index (χ1n) is 4.86. The van der Waals surface area contributed by atoms with Crippen molar-refractivity contribution in [2.75, 3.05) is 20.6 Å². The van der Waals surface area contributed by atoms with Gasteiger partial charge in [0.15, 0.2) is 0 Å². The van der Waals surface area contributed by atoms with Crippen molar-refractivity contribution in [3.63, 3.8) is 0 Å². The van der Waals surface area contributed by atoms with E-state index in [9.17, 15) is 0 Å². The Morgan fingerprint density at radius 2 is 2.00 bits per heavy atom. The summed E-state index contributed by atoms with van der Waals surface area (Å²) in [6, 6.07) is 5.34. The van der Waals surface area contributed by atoms with Gasteiger partial charge in [-0.3, -0.25) is 0 Å². The van der Waals surface area contributed by atoms with Gasteiger partial charge in [0.1, 0.15) is 0 Å². The maximum atomic E-state index is 6.05. The van der Waals surface area contributed by atoms with Gasteiger partial charge in [0, 0.05) is 16.1 Å². The second-order valence-electron chi connectivity index (χ2n) is 3.86. The molecule has 0 spiro atoms. The summed E-state index contributed by atoms with van der Waals surface area (Å²) in [6.45, 7) is 0.935. The summed E-state index contributed by atoms with van der Waals surface area (Å²) < 4.78 is 0. The molecule has 15 heavy (non-hydrogen) atoms. The van der Waals surface area contributed by atoms with Crippen LogP contribution in [-0.4, -0.2) is 25.5 Å². The van der Waals surface area contributed by atoms with Gasteiger partial charge in [-0.2, -0.15) is 0 Å². The number of nitrogens with two attached hydrogens (primary N) is 1. The summed E-state index contributed by atoms with van der Waals surface area (Å²) in [7, 11) is 4.04. The zero-order valence-electron chi connectivity index (χ0n) is 9.00. The number of benzene rings is 1. The Bertz CT molecular complexity index is 326. The Morgan fingerprint density at radius 3 is 2.60 bits per heavy atom. The van der Waals surface area contributed by atoms with Crippen LogP contribution in [0, 0.1) is 0 Å². The van der Waals surface area contributed by atoms with Crippen LogP contribution in [0.25, 0.3) is 0 Å².